The SMILES string of the molecule is COCc1cc(NC(=O)CC2CCCCO2)cc(C(=O)O)c1. The zero-order valence-electron chi connectivity index (χ0n) is 12.6. The number of carbonyl (C=O) groups is 2. The molecule has 1 aromatic rings. The number of nitrogens with one attached hydrogen (secondary N) is 1. The quantitative estimate of drug-likeness (QED) is 0.843. The van der Waals surface area contributed by atoms with Gasteiger partial charge in [0.1, 0.15) is 0 Å². The maximum absolute atomic E-state index is 12.1. The van der Waals surface area contributed by atoms with Gasteiger partial charge in [-0.05, 0) is 43.0 Å². The minimum absolute atomic E-state index is 0.0464. The summed E-state index contributed by atoms with van der Waals surface area (Å²) in [7, 11) is 1.53. The van der Waals surface area contributed by atoms with Crippen LogP contribution in [0.15, 0.2) is 18.2 Å². The lowest BCUT2D eigenvalue weighted by molar-refractivity contribution is -0.119. The van der Waals surface area contributed by atoms with Crippen LogP contribution in [0.3, 0.4) is 0 Å². The van der Waals surface area contributed by atoms with E-state index in [9.17, 15) is 9.59 Å². The number of carboxylic acids is 1. The minimum Gasteiger partial charge on any atom is -0.478 e. The van der Waals surface area contributed by atoms with Crippen LogP contribution in [0.2, 0.25) is 0 Å². The highest BCUT2D eigenvalue weighted by Gasteiger charge is 2.18. The Morgan fingerprint density at radius 2 is 2.18 bits per heavy atom. The van der Waals surface area contributed by atoms with Crippen molar-refractivity contribution in [2.75, 3.05) is 19.0 Å². The van der Waals surface area contributed by atoms with Gasteiger partial charge in [0.15, 0.2) is 0 Å². The van der Waals surface area contributed by atoms with Gasteiger partial charge in [0.05, 0.1) is 24.7 Å². The van der Waals surface area contributed by atoms with Crippen LogP contribution in [0.1, 0.15) is 41.6 Å². The van der Waals surface area contributed by atoms with E-state index in [1.807, 2.05) is 0 Å². The zero-order valence-corrected chi connectivity index (χ0v) is 12.6. The Kier molecular flexibility index (Phi) is 5.91. The smallest absolute Gasteiger partial charge is 0.335 e. The summed E-state index contributed by atoms with van der Waals surface area (Å²) in [6, 6.07) is 4.70. The van der Waals surface area contributed by atoms with Crippen LogP contribution >= 0.6 is 0 Å². The Hall–Kier alpha value is -1.92. The fourth-order valence-electron chi connectivity index (χ4n) is 2.52. The molecular weight excluding hydrogens is 286 g/mol. The van der Waals surface area contributed by atoms with Crippen LogP contribution in [0.4, 0.5) is 5.69 Å². The molecule has 1 aliphatic heterocycles. The zero-order chi connectivity index (χ0) is 15.9. The summed E-state index contributed by atoms with van der Waals surface area (Å²) in [5.74, 6) is -1.21. The minimum atomic E-state index is -1.04. The van der Waals surface area contributed by atoms with E-state index in [2.05, 4.69) is 5.32 Å². The molecule has 1 atom stereocenters. The second-order valence-corrected chi connectivity index (χ2v) is 5.40. The first kappa shape index (κ1) is 16.5. The van der Waals surface area contributed by atoms with E-state index in [0.717, 1.165) is 19.3 Å². The molecule has 2 rings (SSSR count). The van der Waals surface area contributed by atoms with Crippen LogP contribution in [0.5, 0.6) is 0 Å². The molecule has 1 amide bonds. The lowest BCUT2D eigenvalue weighted by Gasteiger charge is -2.22. The van der Waals surface area contributed by atoms with Gasteiger partial charge in [-0.15, -0.1) is 0 Å². The Balaban J connectivity index is 2.03. The van der Waals surface area contributed by atoms with Crippen LogP contribution in [-0.2, 0) is 20.9 Å². The maximum atomic E-state index is 12.1. The fourth-order valence-corrected chi connectivity index (χ4v) is 2.52. The van der Waals surface area contributed by atoms with Crippen molar-refractivity contribution in [1.82, 2.24) is 0 Å². The molecular formula is C16H21NO5. The lowest BCUT2D eigenvalue weighted by Crippen LogP contribution is -2.25. The first-order chi connectivity index (χ1) is 10.6. The Labute approximate surface area is 129 Å². The molecule has 1 aromatic carbocycles. The molecule has 6 nitrogen and oxygen atoms in total. The molecule has 0 aliphatic carbocycles. The maximum Gasteiger partial charge on any atom is 0.335 e. The second-order valence-electron chi connectivity index (χ2n) is 5.40. The molecule has 0 bridgehead atoms. The van der Waals surface area contributed by atoms with Crippen LogP contribution in [0.25, 0.3) is 0 Å². The number of carboxylic acid groups (broad SMARTS) is 1. The number of anilines is 1. The van der Waals surface area contributed by atoms with E-state index in [1.54, 1.807) is 6.07 Å². The van der Waals surface area contributed by atoms with Gasteiger partial charge in [-0.2, -0.15) is 0 Å². The number of methoxy groups -OCH3 is 1. The standard InChI is InChI=1S/C16H21NO5/c1-21-10-11-6-12(16(19)20)8-13(7-11)17-15(18)9-14-4-2-3-5-22-14/h6-8,14H,2-5,9-10H2,1H3,(H,17,18)(H,19,20). The molecule has 1 saturated heterocycles. The summed E-state index contributed by atoms with van der Waals surface area (Å²) in [5.41, 5.74) is 1.29. The van der Waals surface area contributed by atoms with E-state index in [1.165, 1.54) is 19.2 Å². The van der Waals surface area contributed by atoms with Crippen molar-refractivity contribution in [3.63, 3.8) is 0 Å². The molecule has 1 heterocycles. The molecule has 22 heavy (non-hydrogen) atoms. The molecule has 1 unspecified atom stereocenters. The lowest BCUT2D eigenvalue weighted by atomic mass is 10.1. The van der Waals surface area contributed by atoms with Crippen LogP contribution in [0, 0.1) is 0 Å². The third-order valence-corrected chi connectivity index (χ3v) is 3.52. The average molecular weight is 307 g/mol. The number of hydrogen-bond donors (Lipinski definition) is 2. The highest BCUT2D eigenvalue weighted by atomic mass is 16.5. The summed E-state index contributed by atoms with van der Waals surface area (Å²) >= 11 is 0. The third-order valence-electron chi connectivity index (χ3n) is 3.52. The molecule has 0 saturated carbocycles. The van der Waals surface area contributed by atoms with Gasteiger partial charge in [-0.25, -0.2) is 4.79 Å². The summed E-state index contributed by atoms with van der Waals surface area (Å²) in [4.78, 5) is 23.2. The number of benzene rings is 1. The largest absolute Gasteiger partial charge is 0.478 e. The Morgan fingerprint density at radius 3 is 2.82 bits per heavy atom. The predicted molar refractivity (Wildman–Crippen MR) is 81.0 cm³/mol. The predicted octanol–water partition coefficient (Wildman–Crippen LogP) is 2.43. The monoisotopic (exact) mass is 307 g/mol. The normalized spacial score (nSPS) is 18.0. The molecule has 1 aliphatic rings. The molecule has 1 fully saturated rings. The first-order valence-corrected chi connectivity index (χ1v) is 7.36. The van der Waals surface area contributed by atoms with Gasteiger partial charge in [0, 0.05) is 19.4 Å². The summed E-state index contributed by atoms with van der Waals surface area (Å²) in [6.45, 7) is 0.986. The van der Waals surface area contributed by atoms with Crippen LogP contribution in [-0.4, -0.2) is 36.8 Å². The van der Waals surface area contributed by atoms with Crippen molar-refractivity contribution in [3.8, 4) is 0 Å². The van der Waals surface area contributed by atoms with E-state index in [0.29, 0.717) is 17.9 Å². The molecule has 2 N–H and O–H groups in total. The highest BCUT2D eigenvalue weighted by molar-refractivity contribution is 5.94. The Morgan fingerprint density at radius 1 is 1.36 bits per heavy atom. The van der Waals surface area contributed by atoms with Crippen molar-refractivity contribution in [3.05, 3.63) is 29.3 Å². The number of hydrogen-bond acceptors (Lipinski definition) is 4. The first-order valence-electron chi connectivity index (χ1n) is 7.36. The average Bonchev–Trinajstić information content (AvgIpc) is 2.48. The second kappa shape index (κ2) is 7.91. The number of aromatic carboxylic acids is 1. The van der Waals surface area contributed by atoms with E-state index >= 15 is 0 Å². The van der Waals surface area contributed by atoms with Gasteiger partial charge in [-0.1, -0.05) is 0 Å². The van der Waals surface area contributed by atoms with E-state index in [4.69, 9.17) is 14.6 Å². The van der Waals surface area contributed by atoms with Crippen molar-refractivity contribution in [1.29, 1.82) is 0 Å². The number of rotatable bonds is 6. The van der Waals surface area contributed by atoms with Crippen molar-refractivity contribution >= 4 is 17.6 Å². The topological polar surface area (TPSA) is 84.9 Å². The summed E-state index contributed by atoms with van der Waals surface area (Å²) in [6.07, 6.45) is 3.24. The highest BCUT2D eigenvalue weighted by Crippen LogP contribution is 2.19. The van der Waals surface area contributed by atoms with Gasteiger partial charge in [0.25, 0.3) is 0 Å². The van der Waals surface area contributed by atoms with Crippen molar-refractivity contribution in [2.45, 2.75) is 38.4 Å². The van der Waals surface area contributed by atoms with Gasteiger partial charge in [-0.3, -0.25) is 4.79 Å². The molecule has 0 radical (unpaired) electrons. The van der Waals surface area contributed by atoms with Gasteiger partial charge >= 0.3 is 5.97 Å². The number of carbonyl (C=O) groups excluding carboxylic acids is 1. The molecule has 0 aromatic heterocycles. The molecule has 6 heteroatoms. The summed E-state index contributed by atoms with van der Waals surface area (Å²) in [5, 5.41) is 11.9. The van der Waals surface area contributed by atoms with Gasteiger partial charge < -0.3 is 19.9 Å². The number of amides is 1. The van der Waals surface area contributed by atoms with Gasteiger partial charge in [0.2, 0.25) is 5.91 Å². The van der Waals surface area contributed by atoms with E-state index < -0.39 is 5.97 Å². The molecule has 0 spiro atoms. The number of ether oxygens (including phenoxy) is 2. The molecule has 120 valence electrons. The van der Waals surface area contributed by atoms with Crippen LogP contribution < -0.4 is 5.32 Å². The van der Waals surface area contributed by atoms with Crippen molar-refractivity contribution < 1.29 is 24.2 Å². The van der Waals surface area contributed by atoms with E-state index in [-0.39, 0.29) is 30.6 Å². The summed E-state index contributed by atoms with van der Waals surface area (Å²) < 4.78 is 10.6. The third kappa shape index (κ3) is 4.82. The fraction of sp³-hybridized carbons (Fsp3) is 0.500. The van der Waals surface area contributed by atoms with Crippen molar-refractivity contribution in [2.24, 2.45) is 0 Å². The Bertz CT molecular complexity index is 537.